The number of thiazole rings is 1. The fourth-order valence-corrected chi connectivity index (χ4v) is 4.44. The van der Waals surface area contributed by atoms with Gasteiger partial charge in [-0.25, -0.2) is 14.8 Å². The maximum Gasteiger partial charge on any atom is 0.410 e. The first-order valence-corrected chi connectivity index (χ1v) is 11.6. The number of amides is 1. The van der Waals surface area contributed by atoms with Gasteiger partial charge in [0.1, 0.15) is 5.60 Å². The number of aromatic nitrogens is 2. The second-order valence-electron chi connectivity index (χ2n) is 7.87. The highest BCUT2D eigenvalue weighted by atomic mass is 32.2. The van der Waals surface area contributed by atoms with Gasteiger partial charge in [-0.05, 0) is 45.7 Å². The molecule has 0 bridgehead atoms. The highest BCUT2D eigenvalue weighted by Gasteiger charge is 2.30. The lowest BCUT2D eigenvalue weighted by molar-refractivity contribution is 0.0293. The third-order valence-electron chi connectivity index (χ3n) is 4.23. The van der Waals surface area contributed by atoms with Crippen LogP contribution < -0.4 is 10.0 Å². The summed E-state index contributed by atoms with van der Waals surface area (Å²) in [4.78, 5) is 21.9. The average molecular weight is 440 g/mol. The van der Waals surface area contributed by atoms with Crippen molar-refractivity contribution in [1.82, 2.24) is 14.9 Å². The number of rotatable bonds is 5. The fourth-order valence-electron chi connectivity index (χ4n) is 2.87. The Bertz CT molecular complexity index is 971. The lowest BCUT2D eigenvalue weighted by atomic mass is 10.2. The molecule has 3 rings (SSSR count). The van der Waals surface area contributed by atoms with Gasteiger partial charge in [0.25, 0.3) is 10.0 Å². The molecule has 158 valence electrons. The predicted octanol–water partition coefficient (Wildman–Crippen LogP) is 3.07. The Kier molecular flexibility index (Phi) is 5.99. The average Bonchev–Trinajstić information content (AvgIpc) is 3.26. The van der Waals surface area contributed by atoms with Crippen LogP contribution in [0.2, 0.25) is 0 Å². The van der Waals surface area contributed by atoms with Crippen LogP contribution in [0.1, 0.15) is 32.8 Å². The molecule has 0 radical (unpaired) electrons. The van der Waals surface area contributed by atoms with E-state index in [1.54, 1.807) is 15.8 Å². The monoisotopic (exact) mass is 439 g/mol. The Balaban J connectivity index is 1.63. The molecule has 1 aliphatic rings. The van der Waals surface area contributed by atoms with Crippen molar-refractivity contribution in [2.45, 2.75) is 50.8 Å². The van der Waals surface area contributed by atoms with Crippen LogP contribution in [0.4, 0.5) is 16.3 Å². The summed E-state index contributed by atoms with van der Waals surface area (Å²) < 4.78 is 32.7. The van der Waals surface area contributed by atoms with Gasteiger partial charge in [-0.15, -0.1) is 11.3 Å². The summed E-state index contributed by atoms with van der Waals surface area (Å²) in [6, 6.07) is 1.55. The number of carbonyl (C=O) groups is 1. The molecule has 0 unspecified atom stereocenters. The van der Waals surface area contributed by atoms with E-state index in [-0.39, 0.29) is 23.0 Å². The first-order chi connectivity index (χ1) is 13.5. The number of nitrogens with one attached hydrogen (secondary N) is 2. The van der Waals surface area contributed by atoms with E-state index in [0.29, 0.717) is 13.1 Å². The molecule has 11 heteroatoms. The van der Waals surface area contributed by atoms with E-state index >= 15 is 0 Å². The minimum Gasteiger partial charge on any atom is -0.444 e. The molecule has 9 nitrogen and oxygen atoms in total. The Hall–Kier alpha value is -2.40. The highest BCUT2D eigenvalue weighted by Crippen LogP contribution is 2.23. The summed E-state index contributed by atoms with van der Waals surface area (Å²) in [5.41, 5.74) is 2.49. The third-order valence-corrected chi connectivity index (χ3v) is 6.07. The topological polar surface area (TPSA) is 114 Å². The van der Waals surface area contributed by atoms with Crippen molar-refractivity contribution < 1.29 is 17.9 Å². The molecular formula is C18H25N5O4S2. The van der Waals surface area contributed by atoms with Crippen LogP contribution in [0.3, 0.4) is 0 Å². The van der Waals surface area contributed by atoms with E-state index in [4.69, 9.17) is 4.74 Å². The summed E-state index contributed by atoms with van der Waals surface area (Å²) in [5.74, 6) is 0.268. The molecule has 1 fully saturated rings. The minimum absolute atomic E-state index is 0.0404. The van der Waals surface area contributed by atoms with Crippen LogP contribution >= 0.6 is 11.3 Å². The highest BCUT2D eigenvalue weighted by molar-refractivity contribution is 7.92. The zero-order valence-electron chi connectivity index (χ0n) is 16.8. The fraction of sp³-hybridized carbons (Fsp3) is 0.500. The lowest BCUT2D eigenvalue weighted by Crippen LogP contribution is -2.36. The van der Waals surface area contributed by atoms with Crippen molar-refractivity contribution in [2.24, 2.45) is 0 Å². The number of anilines is 2. The number of carbonyl (C=O) groups excluding carboxylic acids is 1. The first kappa shape index (κ1) is 21.3. The van der Waals surface area contributed by atoms with Crippen molar-refractivity contribution in [2.75, 3.05) is 23.1 Å². The molecule has 1 atom stereocenters. The van der Waals surface area contributed by atoms with Gasteiger partial charge in [0, 0.05) is 24.5 Å². The van der Waals surface area contributed by atoms with E-state index in [2.05, 4.69) is 20.0 Å². The molecule has 2 aromatic heterocycles. The molecule has 0 aliphatic carbocycles. The van der Waals surface area contributed by atoms with Gasteiger partial charge in [0.2, 0.25) is 0 Å². The van der Waals surface area contributed by atoms with Crippen LogP contribution in [-0.4, -0.2) is 54.1 Å². The molecule has 0 aromatic carbocycles. The molecule has 1 aliphatic heterocycles. The summed E-state index contributed by atoms with van der Waals surface area (Å²) in [6.07, 6.45) is 1.94. The summed E-state index contributed by atoms with van der Waals surface area (Å²) in [6.45, 7) is 8.44. The molecule has 1 amide bonds. The number of sulfonamides is 1. The number of nitrogens with zero attached hydrogens (tertiary/aromatic N) is 3. The minimum atomic E-state index is -3.80. The van der Waals surface area contributed by atoms with E-state index in [0.717, 1.165) is 17.7 Å². The van der Waals surface area contributed by atoms with E-state index in [1.165, 1.54) is 23.6 Å². The standard InChI is InChI=1S/C18H25N5O4S2/c1-12-7-16(29(25,26)22-15-10-28-11-20-15)19-8-14(12)21-13-5-6-23(9-13)17(24)27-18(2,3)4/h7-8,10-11,13,21-22H,5-6,9H2,1-4H3/t13-/m0/s1. The molecule has 3 heterocycles. The Morgan fingerprint density at radius 1 is 1.34 bits per heavy atom. The molecule has 29 heavy (non-hydrogen) atoms. The Morgan fingerprint density at radius 2 is 2.10 bits per heavy atom. The van der Waals surface area contributed by atoms with Gasteiger partial charge >= 0.3 is 6.09 Å². The SMILES string of the molecule is Cc1cc(S(=O)(=O)Nc2cscn2)ncc1N[C@H]1CCN(C(=O)OC(C)(C)C)C1. The molecule has 2 N–H and O–H groups in total. The molecule has 0 saturated carbocycles. The first-order valence-electron chi connectivity index (χ1n) is 9.15. The largest absolute Gasteiger partial charge is 0.444 e. The van der Waals surface area contributed by atoms with Crippen LogP contribution in [-0.2, 0) is 14.8 Å². The van der Waals surface area contributed by atoms with Crippen LogP contribution in [0.15, 0.2) is 28.2 Å². The summed E-state index contributed by atoms with van der Waals surface area (Å²) in [7, 11) is -3.80. The molecule has 2 aromatic rings. The maximum absolute atomic E-state index is 12.5. The van der Waals surface area contributed by atoms with Crippen LogP contribution in [0, 0.1) is 6.92 Å². The van der Waals surface area contributed by atoms with Crippen LogP contribution in [0.25, 0.3) is 0 Å². The smallest absolute Gasteiger partial charge is 0.410 e. The van der Waals surface area contributed by atoms with E-state index in [1.807, 2.05) is 27.7 Å². The van der Waals surface area contributed by atoms with E-state index < -0.39 is 15.6 Å². The Labute approximate surface area is 174 Å². The normalized spacial score (nSPS) is 17.2. The second kappa shape index (κ2) is 8.15. The molecule has 0 spiro atoms. The summed E-state index contributed by atoms with van der Waals surface area (Å²) >= 11 is 1.30. The number of hydrogen-bond acceptors (Lipinski definition) is 8. The van der Waals surface area contributed by atoms with Crippen molar-refractivity contribution in [3.63, 3.8) is 0 Å². The number of ether oxygens (including phenoxy) is 1. The quantitative estimate of drug-likeness (QED) is 0.736. The summed E-state index contributed by atoms with van der Waals surface area (Å²) in [5, 5.41) is 4.88. The lowest BCUT2D eigenvalue weighted by Gasteiger charge is -2.24. The predicted molar refractivity (Wildman–Crippen MR) is 112 cm³/mol. The van der Waals surface area contributed by atoms with Gasteiger partial charge < -0.3 is 15.0 Å². The number of aryl methyl sites for hydroxylation is 1. The van der Waals surface area contributed by atoms with Crippen LogP contribution in [0.5, 0.6) is 0 Å². The number of pyridine rings is 1. The third kappa shape index (κ3) is 5.57. The van der Waals surface area contributed by atoms with Gasteiger partial charge in [-0.2, -0.15) is 8.42 Å². The number of likely N-dealkylation sites (tertiary alicyclic amines) is 1. The van der Waals surface area contributed by atoms with Gasteiger partial charge in [-0.1, -0.05) is 0 Å². The van der Waals surface area contributed by atoms with Crippen molar-refractivity contribution in [3.8, 4) is 0 Å². The van der Waals surface area contributed by atoms with Crippen molar-refractivity contribution >= 4 is 39.0 Å². The van der Waals surface area contributed by atoms with E-state index in [9.17, 15) is 13.2 Å². The molecular weight excluding hydrogens is 414 g/mol. The van der Waals surface area contributed by atoms with Gasteiger partial charge in [0.15, 0.2) is 10.8 Å². The van der Waals surface area contributed by atoms with Gasteiger partial charge in [-0.3, -0.25) is 4.72 Å². The zero-order chi connectivity index (χ0) is 21.2. The van der Waals surface area contributed by atoms with Crippen molar-refractivity contribution in [1.29, 1.82) is 0 Å². The second-order valence-corrected chi connectivity index (χ2v) is 10.2. The number of hydrogen-bond donors (Lipinski definition) is 2. The van der Waals surface area contributed by atoms with Gasteiger partial charge in [0.05, 0.1) is 17.4 Å². The van der Waals surface area contributed by atoms with Crippen molar-refractivity contribution in [3.05, 3.63) is 28.7 Å². The zero-order valence-corrected chi connectivity index (χ0v) is 18.4. The Morgan fingerprint density at radius 3 is 2.72 bits per heavy atom. The maximum atomic E-state index is 12.5. The molecule has 1 saturated heterocycles.